The zero-order valence-electron chi connectivity index (χ0n) is 20.8. The Hall–Kier alpha value is -4.45. The van der Waals surface area contributed by atoms with Gasteiger partial charge in [-0.15, -0.1) is 0 Å². The zero-order chi connectivity index (χ0) is 27.1. The molecule has 1 saturated heterocycles. The van der Waals surface area contributed by atoms with E-state index in [9.17, 15) is 18.0 Å². The van der Waals surface area contributed by atoms with E-state index in [0.717, 1.165) is 38.2 Å². The van der Waals surface area contributed by atoms with Gasteiger partial charge in [-0.05, 0) is 23.3 Å². The first-order chi connectivity index (χ1) is 18.8. The fourth-order valence-electron chi connectivity index (χ4n) is 5.07. The number of rotatable bonds is 5. The van der Waals surface area contributed by atoms with E-state index in [1.54, 1.807) is 4.52 Å². The molecule has 0 atom stereocenters. The van der Waals surface area contributed by atoms with E-state index < -0.39 is 12.1 Å². The van der Waals surface area contributed by atoms with Gasteiger partial charge in [-0.2, -0.15) is 23.4 Å². The van der Waals surface area contributed by atoms with Gasteiger partial charge in [-0.25, -0.2) is 9.50 Å². The Balaban J connectivity index is 1.27. The summed E-state index contributed by atoms with van der Waals surface area (Å²) >= 11 is 0. The summed E-state index contributed by atoms with van der Waals surface area (Å²) < 4.78 is 42.1. The van der Waals surface area contributed by atoms with Crippen LogP contribution in [0.2, 0.25) is 0 Å². The smallest absolute Gasteiger partial charge is 0.382 e. The van der Waals surface area contributed by atoms with Crippen molar-refractivity contribution in [1.29, 1.82) is 0 Å². The number of benzene rings is 2. The molecule has 9 nitrogen and oxygen atoms in total. The van der Waals surface area contributed by atoms with Gasteiger partial charge in [0.05, 0.1) is 17.8 Å². The molecule has 1 aliphatic heterocycles. The van der Waals surface area contributed by atoms with E-state index in [4.69, 9.17) is 10.8 Å². The summed E-state index contributed by atoms with van der Waals surface area (Å²) in [5.41, 5.74) is 11.5. The Morgan fingerprint density at radius 1 is 0.974 bits per heavy atom. The van der Waals surface area contributed by atoms with Crippen LogP contribution in [0.3, 0.4) is 0 Å². The molecule has 200 valence electrons. The molecule has 1 fully saturated rings. The molecule has 0 unspecified atom stereocenters. The minimum absolute atomic E-state index is 0.00788. The quantitative estimate of drug-likeness (QED) is 0.370. The van der Waals surface area contributed by atoms with Gasteiger partial charge in [0.1, 0.15) is 11.8 Å². The fourth-order valence-corrected chi connectivity index (χ4v) is 5.07. The number of nitrogen functional groups attached to an aromatic ring is 1. The number of hydrogen-bond donors (Lipinski definition) is 1. The highest BCUT2D eigenvalue weighted by atomic mass is 19.4. The van der Waals surface area contributed by atoms with Crippen molar-refractivity contribution in [3.05, 3.63) is 78.4 Å². The lowest BCUT2D eigenvalue weighted by molar-refractivity contribution is -0.187. The summed E-state index contributed by atoms with van der Waals surface area (Å²) in [6.07, 6.45) is -1.47. The van der Waals surface area contributed by atoms with Crippen LogP contribution in [0.4, 0.5) is 19.0 Å². The zero-order valence-corrected chi connectivity index (χ0v) is 20.8. The second-order valence-corrected chi connectivity index (χ2v) is 9.61. The summed E-state index contributed by atoms with van der Waals surface area (Å²) in [6, 6.07) is 18.1. The van der Waals surface area contributed by atoms with Gasteiger partial charge in [-0.1, -0.05) is 42.5 Å². The van der Waals surface area contributed by atoms with Crippen LogP contribution < -0.4 is 5.73 Å². The molecule has 5 aromatic rings. The van der Waals surface area contributed by atoms with Crippen LogP contribution in [-0.4, -0.2) is 72.4 Å². The number of carbonyl (C=O) groups is 1. The molecule has 3 aromatic heterocycles. The van der Waals surface area contributed by atoms with Crippen molar-refractivity contribution in [3.8, 4) is 11.1 Å². The molecule has 1 aliphatic rings. The SMILES string of the molecule is Nc1ncnn2c(CN3CCN(C(=O)C(F)(F)F)CC3)cc(-c3ccc4cn(Cc5ccccc5)nc4c3)c12. The number of piperazine rings is 1. The van der Waals surface area contributed by atoms with Crippen molar-refractivity contribution in [2.45, 2.75) is 19.3 Å². The second-order valence-electron chi connectivity index (χ2n) is 9.61. The molecule has 2 aromatic carbocycles. The lowest BCUT2D eigenvalue weighted by atomic mass is 10.1. The summed E-state index contributed by atoms with van der Waals surface area (Å²) in [6.45, 7) is 1.74. The molecule has 0 spiro atoms. The van der Waals surface area contributed by atoms with Crippen LogP contribution in [0.15, 0.2) is 67.1 Å². The maximum absolute atomic E-state index is 12.8. The van der Waals surface area contributed by atoms with E-state index in [1.165, 1.54) is 6.33 Å². The van der Waals surface area contributed by atoms with Gasteiger partial charge < -0.3 is 10.6 Å². The topological polar surface area (TPSA) is 97.6 Å². The largest absolute Gasteiger partial charge is 0.471 e. The highest BCUT2D eigenvalue weighted by Crippen LogP contribution is 2.33. The van der Waals surface area contributed by atoms with Gasteiger partial charge in [0.25, 0.3) is 0 Å². The van der Waals surface area contributed by atoms with E-state index >= 15 is 0 Å². The standard InChI is InChI=1S/C27H25F3N8O/c28-27(29,30)26(39)36-10-8-35(9-11-36)16-21-13-22(24-25(31)32-17-33-38(21)24)19-6-7-20-15-37(34-23(20)12-19)14-18-4-2-1-3-5-18/h1-7,12-13,15,17H,8-11,14,16H2,(H2,31,32,33). The van der Waals surface area contributed by atoms with Gasteiger partial charge in [-0.3, -0.25) is 14.4 Å². The number of fused-ring (bicyclic) bond motifs is 2. The molecule has 0 bridgehead atoms. The molecule has 0 radical (unpaired) electrons. The Labute approximate surface area is 221 Å². The number of halogens is 3. The monoisotopic (exact) mass is 534 g/mol. The predicted molar refractivity (Wildman–Crippen MR) is 140 cm³/mol. The summed E-state index contributed by atoms with van der Waals surface area (Å²) in [5, 5.41) is 10.2. The first kappa shape index (κ1) is 24.9. The van der Waals surface area contributed by atoms with Crippen molar-refractivity contribution >= 4 is 28.1 Å². The minimum Gasteiger partial charge on any atom is -0.382 e. The van der Waals surface area contributed by atoms with E-state index in [2.05, 4.69) is 22.2 Å². The van der Waals surface area contributed by atoms with Crippen molar-refractivity contribution in [1.82, 2.24) is 34.2 Å². The number of anilines is 1. The number of carbonyl (C=O) groups excluding carboxylic acids is 1. The lowest BCUT2D eigenvalue weighted by Gasteiger charge is -2.34. The van der Waals surface area contributed by atoms with Crippen molar-refractivity contribution in [2.75, 3.05) is 31.9 Å². The second kappa shape index (κ2) is 9.70. The molecular weight excluding hydrogens is 509 g/mol. The van der Waals surface area contributed by atoms with E-state index in [0.29, 0.717) is 37.5 Å². The number of nitrogens with two attached hydrogens (primary N) is 1. The number of alkyl halides is 3. The molecule has 6 rings (SSSR count). The molecule has 39 heavy (non-hydrogen) atoms. The Kier molecular flexibility index (Phi) is 6.18. The molecular formula is C27H25F3N8O. The maximum Gasteiger partial charge on any atom is 0.471 e. The summed E-state index contributed by atoms with van der Waals surface area (Å²) in [5.74, 6) is -1.47. The fraction of sp³-hybridized carbons (Fsp3) is 0.259. The Bertz CT molecular complexity index is 1650. The van der Waals surface area contributed by atoms with Crippen molar-refractivity contribution in [3.63, 3.8) is 0 Å². The number of nitrogens with zero attached hydrogens (tertiary/aromatic N) is 7. The number of amides is 1. The Morgan fingerprint density at radius 3 is 2.49 bits per heavy atom. The van der Waals surface area contributed by atoms with Crippen molar-refractivity contribution < 1.29 is 18.0 Å². The Morgan fingerprint density at radius 2 is 1.74 bits per heavy atom. The minimum atomic E-state index is -4.86. The van der Waals surface area contributed by atoms with Gasteiger partial charge in [0.15, 0.2) is 5.82 Å². The first-order valence-corrected chi connectivity index (χ1v) is 12.5. The average molecular weight is 535 g/mol. The molecule has 4 heterocycles. The number of aromatic nitrogens is 5. The highest BCUT2D eigenvalue weighted by molar-refractivity contribution is 5.92. The summed E-state index contributed by atoms with van der Waals surface area (Å²) in [4.78, 5) is 18.6. The summed E-state index contributed by atoms with van der Waals surface area (Å²) in [7, 11) is 0. The van der Waals surface area contributed by atoms with Crippen LogP contribution in [0, 0.1) is 0 Å². The van der Waals surface area contributed by atoms with Crippen molar-refractivity contribution in [2.24, 2.45) is 0 Å². The van der Waals surface area contributed by atoms with Gasteiger partial charge in [0, 0.05) is 49.9 Å². The predicted octanol–water partition coefficient (Wildman–Crippen LogP) is 3.58. The van der Waals surface area contributed by atoms with Crippen LogP contribution in [0.1, 0.15) is 11.3 Å². The number of hydrogen-bond acceptors (Lipinski definition) is 6. The molecule has 1 amide bonds. The van der Waals surface area contributed by atoms with E-state index in [-0.39, 0.29) is 13.1 Å². The highest BCUT2D eigenvalue weighted by Gasteiger charge is 2.43. The molecule has 12 heteroatoms. The normalized spacial score (nSPS) is 14.9. The lowest BCUT2D eigenvalue weighted by Crippen LogP contribution is -2.52. The third kappa shape index (κ3) is 4.90. The molecule has 0 aliphatic carbocycles. The average Bonchev–Trinajstić information content (AvgIpc) is 3.50. The van der Waals surface area contributed by atoms with Crippen LogP contribution >= 0.6 is 0 Å². The first-order valence-electron chi connectivity index (χ1n) is 12.5. The molecule has 0 saturated carbocycles. The van der Waals surface area contributed by atoms with Crippen LogP contribution in [0.25, 0.3) is 27.5 Å². The third-order valence-corrected chi connectivity index (χ3v) is 7.00. The van der Waals surface area contributed by atoms with Crippen LogP contribution in [0.5, 0.6) is 0 Å². The van der Waals surface area contributed by atoms with Gasteiger partial charge >= 0.3 is 12.1 Å². The van der Waals surface area contributed by atoms with Gasteiger partial charge in [0.2, 0.25) is 0 Å². The maximum atomic E-state index is 12.8. The van der Waals surface area contributed by atoms with E-state index in [1.807, 2.05) is 58.2 Å². The molecule has 2 N–H and O–H groups in total. The third-order valence-electron chi connectivity index (χ3n) is 7.00. The van der Waals surface area contributed by atoms with Crippen LogP contribution in [-0.2, 0) is 17.9 Å².